The molecule has 0 radical (unpaired) electrons. The predicted octanol–water partition coefficient (Wildman–Crippen LogP) is 2.46. The zero-order valence-corrected chi connectivity index (χ0v) is 11.8. The number of carbonyl (C=O) groups excluding carboxylic acids is 1. The Hall–Kier alpha value is -0.870. The highest BCUT2D eigenvalue weighted by Crippen LogP contribution is 2.26. The molecule has 1 aromatic rings. The molecule has 1 aliphatic carbocycles. The molecule has 3 nitrogen and oxygen atoms in total. The molecule has 1 unspecified atom stereocenters. The second kappa shape index (κ2) is 5.85. The SMILES string of the molecule is CC(Cc1ccsc1)NC(=O)C1(N)CCCCC1. The fourth-order valence-electron chi connectivity index (χ4n) is 2.59. The van der Waals surface area contributed by atoms with Gasteiger partial charge in [0.25, 0.3) is 0 Å². The van der Waals surface area contributed by atoms with E-state index in [0.29, 0.717) is 0 Å². The summed E-state index contributed by atoms with van der Waals surface area (Å²) in [6, 6.07) is 2.25. The van der Waals surface area contributed by atoms with E-state index in [1.165, 1.54) is 12.0 Å². The maximum atomic E-state index is 12.2. The topological polar surface area (TPSA) is 55.1 Å². The molecule has 0 aromatic carbocycles. The van der Waals surface area contributed by atoms with E-state index < -0.39 is 5.54 Å². The Morgan fingerprint density at radius 1 is 1.50 bits per heavy atom. The molecule has 3 N–H and O–H groups in total. The van der Waals surface area contributed by atoms with Gasteiger partial charge in [0.05, 0.1) is 5.54 Å². The fraction of sp³-hybridized carbons (Fsp3) is 0.643. The normalized spacial score (nSPS) is 20.3. The van der Waals surface area contributed by atoms with Crippen molar-refractivity contribution in [1.82, 2.24) is 5.32 Å². The Kier molecular flexibility index (Phi) is 4.40. The minimum Gasteiger partial charge on any atom is -0.352 e. The smallest absolute Gasteiger partial charge is 0.240 e. The van der Waals surface area contributed by atoms with Gasteiger partial charge in [-0.25, -0.2) is 0 Å². The average molecular weight is 266 g/mol. The van der Waals surface area contributed by atoms with Gasteiger partial charge in [0.15, 0.2) is 0 Å². The van der Waals surface area contributed by atoms with Gasteiger partial charge in [-0.05, 0) is 48.6 Å². The lowest BCUT2D eigenvalue weighted by molar-refractivity contribution is -0.128. The maximum absolute atomic E-state index is 12.2. The molecule has 1 aliphatic rings. The van der Waals surface area contributed by atoms with Crippen molar-refractivity contribution in [3.05, 3.63) is 22.4 Å². The Morgan fingerprint density at radius 3 is 2.83 bits per heavy atom. The first-order chi connectivity index (χ1) is 8.60. The van der Waals surface area contributed by atoms with Crippen LogP contribution in [0.1, 0.15) is 44.6 Å². The van der Waals surface area contributed by atoms with Crippen molar-refractivity contribution >= 4 is 17.2 Å². The van der Waals surface area contributed by atoms with E-state index in [2.05, 4.69) is 22.1 Å². The minimum atomic E-state index is -0.624. The highest BCUT2D eigenvalue weighted by molar-refractivity contribution is 7.07. The second-order valence-electron chi connectivity index (χ2n) is 5.43. The number of nitrogens with two attached hydrogens (primary N) is 1. The third kappa shape index (κ3) is 3.33. The molecule has 100 valence electrons. The van der Waals surface area contributed by atoms with Crippen LogP contribution in [0, 0.1) is 0 Å². The van der Waals surface area contributed by atoms with E-state index in [0.717, 1.165) is 32.1 Å². The molecule has 18 heavy (non-hydrogen) atoms. The van der Waals surface area contributed by atoms with Crippen molar-refractivity contribution in [3.63, 3.8) is 0 Å². The first kappa shape index (κ1) is 13.6. The van der Waals surface area contributed by atoms with Crippen LogP contribution in [0.15, 0.2) is 16.8 Å². The minimum absolute atomic E-state index is 0.0323. The average Bonchev–Trinajstić information content (AvgIpc) is 2.82. The number of hydrogen-bond donors (Lipinski definition) is 2. The molecule has 2 rings (SSSR count). The molecular weight excluding hydrogens is 244 g/mol. The molecule has 0 saturated heterocycles. The Labute approximate surface area is 113 Å². The standard InChI is InChI=1S/C14H22N2OS/c1-11(9-12-5-8-18-10-12)16-13(17)14(15)6-3-2-4-7-14/h5,8,10-11H,2-4,6-7,9,15H2,1H3,(H,16,17). The summed E-state index contributed by atoms with van der Waals surface area (Å²) in [7, 11) is 0. The number of carbonyl (C=O) groups is 1. The number of thiophene rings is 1. The summed E-state index contributed by atoms with van der Waals surface area (Å²) in [5.41, 5.74) is 6.87. The first-order valence-corrected chi connectivity index (χ1v) is 7.65. The molecule has 4 heteroatoms. The van der Waals surface area contributed by atoms with E-state index in [1.807, 2.05) is 6.92 Å². The summed E-state index contributed by atoms with van der Waals surface area (Å²) >= 11 is 1.69. The lowest BCUT2D eigenvalue weighted by Crippen LogP contribution is -2.56. The van der Waals surface area contributed by atoms with Crippen LogP contribution in [0.5, 0.6) is 0 Å². The Morgan fingerprint density at radius 2 is 2.22 bits per heavy atom. The van der Waals surface area contributed by atoms with E-state index >= 15 is 0 Å². The third-order valence-corrected chi connectivity index (χ3v) is 4.43. The van der Waals surface area contributed by atoms with Gasteiger partial charge in [-0.15, -0.1) is 0 Å². The highest BCUT2D eigenvalue weighted by Gasteiger charge is 2.35. The van der Waals surface area contributed by atoms with Crippen molar-refractivity contribution in [1.29, 1.82) is 0 Å². The lowest BCUT2D eigenvalue weighted by Gasteiger charge is -2.33. The summed E-state index contributed by atoms with van der Waals surface area (Å²) in [6.07, 6.45) is 5.88. The van der Waals surface area contributed by atoms with Crippen LogP contribution in [-0.4, -0.2) is 17.5 Å². The zero-order chi connectivity index (χ0) is 13.0. The monoisotopic (exact) mass is 266 g/mol. The van der Waals surface area contributed by atoms with Crippen LogP contribution in [0.2, 0.25) is 0 Å². The van der Waals surface area contributed by atoms with Gasteiger partial charge in [0, 0.05) is 6.04 Å². The highest BCUT2D eigenvalue weighted by atomic mass is 32.1. The summed E-state index contributed by atoms with van der Waals surface area (Å²) in [5, 5.41) is 7.26. The van der Waals surface area contributed by atoms with Crippen molar-refractivity contribution in [2.24, 2.45) is 5.73 Å². The first-order valence-electron chi connectivity index (χ1n) is 6.71. The van der Waals surface area contributed by atoms with Gasteiger partial charge in [-0.3, -0.25) is 4.79 Å². The van der Waals surface area contributed by atoms with Crippen LogP contribution in [0.3, 0.4) is 0 Å². The third-order valence-electron chi connectivity index (χ3n) is 3.70. The van der Waals surface area contributed by atoms with Crippen LogP contribution in [0.4, 0.5) is 0 Å². The van der Waals surface area contributed by atoms with Gasteiger partial charge in [-0.1, -0.05) is 19.3 Å². The quantitative estimate of drug-likeness (QED) is 0.879. The molecule has 1 amide bonds. The number of nitrogens with one attached hydrogen (secondary N) is 1. The van der Waals surface area contributed by atoms with Gasteiger partial charge in [0.1, 0.15) is 0 Å². The van der Waals surface area contributed by atoms with Gasteiger partial charge in [0.2, 0.25) is 5.91 Å². The van der Waals surface area contributed by atoms with Crippen LogP contribution < -0.4 is 11.1 Å². The predicted molar refractivity (Wildman–Crippen MR) is 75.6 cm³/mol. The molecule has 1 heterocycles. The van der Waals surface area contributed by atoms with Crippen molar-refractivity contribution in [2.75, 3.05) is 0 Å². The van der Waals surface area contributed by atoms with E-state index in [-0.39, 0.29) is 11.9 Å². The second-order valence-corrected chi connectivity index (χ2v) is 6.21. The molecule has 1 aromatic heterocycles. The van der Waals surface area contributed by atoms with E-state index in [4.69, 9.17) is 5.73 Å². The van der Waals surface area contributed by atoms with Crippen LogP contribution >= 0.6 is 11.3 Å². The molecule has 0 spiro atoms. The van der Waals surface area contributed by atoms with E-state index in [1.54, 1.807) is 11.3 Å². The van der Waals surface area contributed by atoms with Crippen molar-refractivity contribution < 1.29 is 4.79 Å². The maximum Gasteiger partial charge on any atom is 0.240 e. The zero-order valence-electron chi connectivity index (χ0n) is 10.9. The molecule has 0 aliphatic heterocycles. The van der Waals surface area contributed by atoms with Crippen molar-refractivity contribution in [2.45, 2.75) is 57.0 Å². The van der Waals surface area contributed by atoms with Crippen LogP contribution in [0.25, 0.3) is 0 Å². The fourth-order valence-corrected chi connectivity index (χ4v) is 3.27. The molecule has 1 saturated carbocycles. The summed E-state index contributed by atoms with van der Waals surface area (Å²) in [6.45, 7) is 2.04. The van der Waals surface area contributed by atoms with Crippen molar-refractivity contribution in [3.8, 4) is 0 Å². The van der Waals surface area contributed by atoms with Gasteiger partial charge >= 0.3 is 0 Å². The summed E-state index contributed by atoms with van der Waals surface area (Å²) < 4.78 is 0. The van der Waals surface area contributed by atoms with Crippen LogP contribution in [-0.2, 0) is 11.2 Å². The largest absolute Gasteiger partial charge is 0.352 e. The molecular formula is C14H22N2OS. The van der Waals surface area contributed by atoms with E-state index in [9.17, 15) is 4.79 Å². The summed E-state index contributed by atoms with van der Waals surface area (Å²) in [5.74, 6) is 0.0323. The number of hydrogen-bond acceptors (Lipinski definition) is 3. The van der Waals surface area contributed by atoms with Gasteiger partial charge in [-0.2, -0.15) is 11.3 Å². The van der Waals surface area contributed by atoms with Gasteiger partial charge < -0.3 is 11.1 Å². The Balaban J connectivity index is 1.86. The molecule has 1 fully saturated rings. The Bertz CT molecular complexity index is 383. The summed E-state index contributed by atoms with van der Waals surface area (Å²) in [4.78, 5) is 12.2. The lowest BCUT2D eigenvalue weighted by atomic mass is 9.81. The molecule has 0 bridgehead atoms. The number of amides is 1. The number of rotatable bonds is 4. The molecule has 1 atom stereocenters.